The van der Waals surface area contributed by atoms with Crippen molar-refractivity contribution in [3.63, 3.8) is 0 Å². The highest BCUT2D eigenvalue weighted by atomic mass is 19.1. The van der Waals surface area contributed by atoms with E-state index < -0.39 is 28.7 Å². The smallest absolute Gasteiger partial charge is 0.339 e. The van der Waals surface area contributed by atoms with Crippen LogP contribution in [0.5, 0.6) is 0 Å². The number of hydrogen-bond acceptors (Lipinski definition) is 6. The van der Waals surface area contributed by atoms with E-state index >= 15 is 0 Å². The van der Waals surface area contributed by atoms with Gasteiger partial charge >= 0.3 is 5.97 Å². The van der Waals surface area contributed by atoms with Gasteiger partial charge in [-0.25, -0.2) is 9.18 Å². The van der Waals surface area contributed by atoms with Crippen LogP contribution >= 0.6 is 0 Å². The van der Waals surface area contributed by atoms with Crippen molar-refractivity contribution < 1.29 is 23.6 Å². The minimum atomic E-state index is -1.19. The molecule has 0 bridgehead atoms. The van der Waals surface area contributed by atoms with Crippen LogP contribution in [0.4, 0.5) is 21.5 Å². The van der Waals surface area contributed by atoms with E-state index in [1.807, 2.05) is 0 Å². The summed E-state index contributed by atoms with van der Waals surface area (Å²) in [5.74, 6) is -2.03. The third-order valence-electron chi connectivity index (χ3n) is 3.79. The van der Waals surface area contributed by atoms with E-state index in [4.69, 9.17) is 4.74 Å². The number of hydrogen-bond donors (Lipinski definition) is 2. The van der Waals surface area contributed by atoms with E-state index in [2.05, 4.69) is 10.6 Å². The molecule has 1 amide bonds. The molecule has 8 nitrogen and oxygen atoms in total. The number of aryl methyl sites for hydroxylation is 1. The van der Waals surface area contributed by atoms with Crippen LogP contribution in [-0.4, -0.2) is 30.0 Å². The van der Waals surface area contributed by atoms with Crippen molar-refractivity contribution in [3.05, 3.63) is 63.5 Å². The number of nitro benzene ring substituents is 1. The Kier molecular flexibility index (Phi) is 6.07. The molecule has 9 heteroatoms. The summed E-state index contributed by atoms with van der Waals surface area (Å²) in [5.41, 5.74) is 0.531. The molecule has 0 aliphatic carbocycles. The largest absolute Gasteiger partial charge is 0.449 e. The van der Waals surface area contributed by atoms with Gasteiger partial charge in [0.05, 0.1) is 10.5 Å². The Bertz CT molecular complexity index is 901. The number of nitro groups is 1. The van der Waals surface area contributed by atoms with E-state index in [1.54, 1.807) is 6.92 Å². The zero-order chi connectivity index (χ0) is 20.1. The molecule has 0 aromatic heterocycles. The third-order valence-corrected chi connectivity index (χ3v) is 3.79. The van der Waals surface area contributed by atoms with Gasteiger partial charge in [0, 0.05) is 18.8 Å². The Balaban J connectivity index is 2.08. The van der Waals surface area contributed by atoms with Gasteiger partial charge in [-0.15, -0.1) is 0 Å². The number of benzene rings is 2. The van der Waals surface area contributed by atoms with Crippen molar-refractivity contribution in [2.45, 2.75) is 20.0 Å². The monoisotopic (exact) mass is 375 g/mol. The van der Waals surface area contributed by atoms with Crippen molar-refractivity contribution >= 4 is 28.9 Å². The molecule has 2 aromatic carbocycles. The normalized spacial score (nSPS) is 11.4. The Morgan fingerprint density at radius 2 is 1.93 bits per heavy atom. The molecule has 2 N–H and O–H groups in total. The molecule has 2 aromatic rings. The first kappa shape index (κ1) is 19.8. The number of halogens is 1. The van der Waals surface area contributed by atoms with Gasteiger partial charge in [-0.05, 0) is 43.7 Å². The summed E-state index contributed by atoms with van der Waals surface area (Å²) >= 11 is 0. The van der Waals surface area contributed by atoms with Crippen LogP contribution in [0.25, 0.3) is 0 Å². The predicted molar refractivity (Wildman–Crippen MR) is 97.3 cm³/mol. The van der Waals surface area contributed by atoms with Crippen molar-refractivity contribution in [2.75, 3.05) is 17.7 Å². The lowest BCUT2D eigenvalue weighted by molar-refractivity contribution is -0.384. The summed E-state index contributed by atoms with van der Waals surface area (Å²) in [6.45, 7) is 2.93. The Morgan fingerprint density at radius 1 is 1.22 bits per heavy atom. The van der Waals surface area contributed by atoms with Gasteiger partial charge in [-0.1, -0.05) is 6.07 Å². The van der Waals surface area contributed by atoms with E-state index in [0.29, 0.717) is 5.56 Å². The number of carbonyl (C=O) groups is 2. The van der Waals surface area contributed by atoms with E-state index in [-0.39, 0.29) is 22.6 Å². The minimum Gasteiger partial charge on any atom is -0.449 e. The SMILES string of the molecule is CNc1ccc(C(=O)O[C@@H](C)C(=O)Nc2ccc(C)c(F)c2)cc1[N+](=O)[O-]. The molecule has 1 atom stereocenters. The molecule has 0 aliphatic heterocycles. The highest BCUT2D eigenvalue weighted by Crippen LogP contribution is 2.25. The van der Waals surface area contributed by atoms with E-state index in [1.165, 1.54) is 38.2 Å². The second-order valence-electron chi connectivity index (χ2n) is 5.74. The number of esters is 1. The molecule has 0 heterocycles. The summed E-state index contributed by atoms with van der Waals surface area (Å²) in [7, 11) is 1.51. The van der Waals surface area contributed by atoms with Crippen LogP contribution in [0.2, 0.25) is 0 Å². The van der Waals surface area contributed by atoms with Gasteiger partial charge in [0.15, 0.2) is 6.10 Å². The number of rotatable bonds is 6. The fourth-order valence-corrected chi connectivity index (χ4v) is 2.22. The number of carbonyl (C=O) groups excluding carboxylic acids is 2. The van der Waals surface area contributed by atoms with Gasteiger partial charge < -0.3 is 15.4 Å². The van der Waals surface area contributed by atoms with Gasteiger partial charge in [-0.2, -0.15) is 0 Å². The van der Waals surface area contributed by atoms with Crippen LogP contribution in [0, 0.1) is 22.9 Å². The number of nitrogens with one attached hydrogen (secondary N) is 2. The number of ether oxygens (including phenoxy) is 1. The molecule has 142 valence electrons. The second kappa shape index (κ2) is 8.26. The molecular weight excluding hydrogens is 357 g/mol. The fraction of sp³-hybridized carbons (Fsp3) is 0.222. The Labute approximate surface area is 154 Å². The highest BCUT2D eigenvalue weighted by Gasteiger charge is 2.22. The molecule has 0 spiro atoms. The first-order valence-corrected chi connectivity index (χ1v) is 7.97. The van der Waals surface area contributed by atoms with Gasteiger partial charge in [0.2, 0.25) is 0 Å². The molecule has 0 saturated heterocycles. The Hall–Kier alpha value is -3.49. The lowest BCUT2D eigenvalue weighted by atomic mass is 10.1. The standard InChI is InChI=1S/C18H18FN3O5/c1-10-4-6-13(9-14(10)19)21-17(23)11(2)27-18(24)12-5-7-15(20-3)16(8-12)22(25)26/h4-9,11,20H,1-3H3,(H,21,23)/t11-/m0/s1. The lowest BCUT2D eigenvalue weighted by Crippen LogP contribution is -2.30. The van der Waals surface area contributed by atoms with Gasteiger partial charge in [0.25, 0.3) is 11.6 Å². The lowest BCUT2D eigenvalue weighted by Gasteiger charge is -2.14. The highest BCUT2D eigenvalue weighted by molar-refractivity contribution is 5.97. The number of amides is 1. The molecule has 0 fully saturated rings. The van der Waals surface area contributed by atoms with Gasteiger partial charge in [-0.3, -0.25) is 14.9 Å². The third kappa shape index (κ3) is 4.78. The maximum atomic E-state index is 13.5. The quantitative estimate of drug-likeness (QED) is 0.455. The summed E-state index contributed by atoms with van der Waals surface area (Å²) in [6, 6.07) is 7.96. The first-order chi connectivity index (χ1) is 12.7. The molecule has 27 heavy (non-hydrogen) atoms. The van der Waals surface area contributed by atoms with Crippen LogP contribution in [0.1, 0.15) is 22.8 Å². The summed E-state index contributed by atoms with van der Waals surface area (Å²) in [6.07, 6.45) is -1.19. The minimum absolute atomic E-state index is 0.0678. The van der Waals surface area contributed by atoms with Crippen molar-refractivity contribution in [1.29, 1.82) is 0 Å². The first-order valence-electron chi connectivity index (χ1n) is 7.97. The summed E-state index contributed by atoms with van der Waals surface area (Å²) in [4.78, 5) is 34.7. The van der Waals surface area contributed by atoms with Crippen LogP contribution in [0.3, 0.4) is 0 Å². The predicted octanol–water partition coefficient (Wildman–Crippen LogP) is 3.27. The summed E-state index contributed by atoms with van der Waals surface area (Å²) < 4.78 is 18.6. The van der Waals surface area contributed by atoms with Crippen molar-refractivity contribution in [2.24, 2.45) is 0 Å². The van der Waals surface area contributed by atoms with Crippen LogP contribution in [0.15, 0.2) is 36.4 Å². The fourth-order valence-electron chi connectivity index (χ4n) is 2.22. The molecular formula is C18H18FN3O5. The van der Waals surface area contributed by atoms with Gasteiger partial charge in [0.1, 0.15) is 11.5 Å². The van der Waals surface area contributed by atoms with Crippen molar-refractivity contribution in [3.8, 4) is 0 Å². The summed E-state index contributed by atoms with van der Waals surface area (Å²) in [5, 5.41) is 16.1. The maximum absolute atomic E-state index is 13.5. The van der Waals surface area contributed by atoms with Crippen LogP contribution < -0.4 is 10.6 Å². The average molecular weight is 375 g/mol. The van der Waals surface area contributed by atoms with E-state index in [0.717, 1.165) is 12.1 Å². The number of nitrogens with zero attached hydrogens (tertiary/aromatic N) is 1. The zero-order valence-corrected chi connectivity index (χ0v) is 14.9. The molecule has 0 unspecified atom stereocenters. The molecule has 2 rings (SSSR count). The Morgan fingerprint density at radius 3 is 2.52 bits per heavy atom. The van der Waals surface area contributed by atoms with Crippen molar-refractivity contribution in [1.82, 2.24) is 0 Å². The maximum Gasteiger partial charge on any atom is 0.339 e. The zero-order valence-electron chi connectivity index (χ0n) is 14.9. The topological polar surface area (TPSA) is 111 Å². The molecule has 0 aliphatic rings. The molecule has 0 radical (unpaired) electrons. The molecule has 0 saturated carbocycles. The number of anilines is 2. The van der Waals surface area contributed by atoms with Crippen LogP contribution in [-0.2, 0) is 9.53 Å². The van der Waals surface area contributed by atoms with E-state index in [9.17, 15) is 24.1 Å². The average Bonchev–Trinajstić information content (AvgIpc) is 2.63. The second-order valence-corrected chi connectivity index (χ2v) is 5.74.